The molecule has 0 fully saturated rings. The van der Waals surface area contributed by atoms with E-state index in [1.54, 1.807) is 7.11 Å². The Balaban J connectivity index is 2.24. The van der Waals surface area contributed by atoms with Gasteiger partial charge in [-0.2, -0.15) is 0 Å². The summed E-state index contributed by atoms with van der Waals surface area (Å²) in [5, 5.41) is 5.65. The van der Waals surface area contributed by atoms with Gasteiger partial charge in [0.25, 0.3) is 0 Å². The minimum absolute atomic E-state index is 0.0480. The third kappa shape index (κ3) is 5.37. The van der Waals surface area contributed by atoms with Gasteiger partial charge in [0.2, 0.25) is 5.91 Å². The molecule has 0 spiro atoms. The van der Waals surface area contributed by atoms with Gasteiger partial charge in [-0.25, -0.2) is 0 Å². The van der Waals surface area contributed by atoms with Crippen LogP contribution in [0.5, 0.6) is 5.75 Å². The van der Waals surface area contributed by atoms with Crippen molar-refractivity contribution in [3.8, 4) is 18.1 Å². The molecular formula is C14H18N2O2. The Morgan fingerprint density at radius 3 is 3.06 bits per heavy atom. The third-order valence-electron chi connectivity index (χ3n) is 2.38. The fourth-order valence-electron chi connectivity index (χ4n) is 1.48. The van der Waals surface area contributed by atoms with Crippen molar-refractivity contribution in [1.29, 1.82) is 0 Å². The van der Waals surface area contributed by atoms with Crippen LogP contribution in [-0.4, -0.2) is 32.7 Å². The van der Waals surface area contributed by atoms with E-state index in [1.165, 1.54) is 0 Å². The van der Waals surface area contributed by atoms with E-state index in [9.17, 15) is 4.79 Å². The van der Waals surface area contributed by atoms with E-state index in [0.29, 0.717) is 13.1 Å². The van der Waals surface area contributed by atoms with Crippen LogP contribution in [0.4, 0.5) is 0 Å². The molecule has 0 saturated heterocycles. The minimum Gasteiger partial charge on any atom is -0.497 e. The summed E-state index contributed by atoms with van der Waals surface area (Å²) < 4.78 is 5.13. The molecule has 4 heteroatoms. The highest BCUT2D eigenvalue weighted by Crippen LogP contribution is 2.12. The second-order valence-corrected chi connectivity index (χ2v) is 3.76. The smallest absolute Gasteiger partial charge is 0.233 e. The van der Waals surface area contributed by atoms with Crippen LogP contribution >= 0.6 is 0 Å². The lowest BCUT2D eigenvalue weighted by Crippen LogP contribution is -2.35. The van der Waals surface area contributed by atoms with Crippen molar-refractivity contribution in [2.24, 2.45) is 0 Å². The van der Waals surface area contributed by atoms with E-state index in [1.807, 2.05) is 24.3 Å². The lowest BCUT2D eigenvalue weighted by molar-refractivity contribution is -0.120. The highest BCUT2D eigenvalue weighted by molar-refractivity contribution is 5.77. The fraction of sp³-hybridized carbons (Fsp3) is 0.357. The van der Waals surface area contributed by atoms with E-state index in [-0.39, 0.29) is 12.5 Å². The molecule has 0 aliphatic carbocycles. The number of amides is 1. The van der Waals surface area contributed by atoms with Gasteiger partial charge in [0, 0.05) is 6.54 Å². The molecule has 1 rings (SSSR count). The van der Waals surface area contributed by atoms with Gasteiger partial charge < -0.3 is 10.1 Å². The Bertz CT molecular complexity index is 424. The van der Waals surface area contributed by atoms with Crippen LogP contribution in [0, 0.1) is 12.3 Å². The average Bonchev–Trinajstić information content (AvgIpc) is 2.39. The number of hydrogen-bond donors (Lipinski definition) is 2. The van der Waals surface area contributed by atoms with Crippen LogP contribution in [0.2, 0.25) is 0 Å². The van der Waals surface area contributed by atoms with Crippen LogP contribution < -0.4 is 15.4 Å². The molecule has 1 aromatic carbocycles. The first-order chi connectivity index (χ1) is 8.76. The van der Waals surface area contributed by atoms with E-state index in [2.05, 4.69) is 16.6 Å². The van der Waals surface area contributed by atoms with Crippen LogP contribution in [0.1, 0.15) is 5.56 Å². The van der Waals surface area contributed by atoms with Crippen molar-refractivity contribution in [2.45, 2.75) is 6.42 Å². The van der Waals surface area contributed by atoms with E-state index in [0.717, 1.165) is 17.7 Å². The van der Waals surface area contributed by atoms with Crippen LogP contribution in [0.25, 0.3) is 0 Å². The monoisotopic (exact) mass is 246 g/mol. The summed E-state index contributed by atoms with van der Waals surface area (Å²) in [6, 6.07) is 7.80. The topological polar surface area (TPSA) is 50.4 Å². The van der Waals surface area contributed by atoms with Crippen molar-refractivity contribution < 1.29 is 9.53 Å². The van der Waals surface area contributed by atoms with Gasteiger partial charge in [-0.05, 0) is 24.1 Å². The number of carbonyl (C=O) groups excluding carboxylic acids is 1. The molecule has 0 aliphatic rings. The number of hydrogen-bond acceptors (Lipinski definition) is 3. The highest BCUT2D eigenvalue weighted by Gasteiger charge is 2.00. The van der Waals surface area contributed by atoms with Gasteiger partial charge >= 0.3 is 0 Å². The first kappa shape index (κ1) is 14.1. The molecule has 0 unspecified atom stereocenters. The standard InChI is InChI=1S/C14H18N2O2/c1-3-8-15-11-14(17)16-9-7-12-5-4-6-13(10-12)18-2/h1,4-6,10,15H,7-9,11H2,2H3,(H,16,17). The lowest BCUT2D eigenvalue weighted by atomic mass is 10.1. The summed E-state index contributed by atoms with van der Waals surface area (Å²) in [7, 11) is 1.64. The molecule has 0 saturated carbocycles. The molecule has 0 aromatic heterocycles. The first-order valence-corrected chi connectivity index (χ1v) is 5.80. The predicted octanol–water partition coefficient (Wildman–Crippen LogP) is 0.577. The van der Waals surface area contributed by atoms with E-state index in [4.69, 9.17) is 11.2 Å². The largest absolute Gasteiger partial charge is 0.497 e. The normalized spacial score (nSPS) is 9.56. The number of carbonyl (C=O) groups is 1. The van der Waals surface area contributed by atoms with Crippen molar-refractivity contribution in [3.05, 3.63) is 29.8 Å². The molecule has 0 aliphatic heterocycles. The second-order valence-electron chi connectivity index (χ2n) is 3.76. The molecule has 1 aromatic rings. The quantitative estimate of drug-likeness (QED) is 0.546. The molecule has 4 nitrogen and oxygen atoms in total. The van der Waals surface area contributed by atoms with E-state index >= 15 is 0 Å². The van der Waals surface area contributed by atoms with Gasteiger partial charge in [0.15, 0.2) is 0 Å². The minimum atomic E-state index is -0.0480. The Morgan fingerprint density at radius 2 is 2.33 bits per heavy atom. The number of rotatable bonds is 7. The number of ether oxygens (including phenoxy) is 1. The van der Waals surface area contributed by atoms with Crippen molar-refractivity contribution >= 4 is 5.91 Å². The molecule has 96 valence electrons. The SMILES string of the molecule is C#CCNCC(=O)NCCc1cccc(OC)c1. The summed E-state index contributed by atoms with van der Waals surface area (Å²) in [6.07, 6.45) is 5.84. The zero-order valence-corrected chi connectivity index (χ0v) is 10.5. The third-order valence-corrected chi connectivity index (χ3v) is 2.38. The summed E-state index contributed by atoms with van der Waals surface area (Å²) in [6.45, 7) is 1.26. The number of benzene rings is 1. The van der Waals surface area contributed by atoms with Gasteiger partial charge in [0.1, 0.15) is 5.75 Å². The van der Waals surface area contributed by atoms with Crippen molar-refractivity contribution in [1.82, 2.24) is 10.6 Å². The number of terminal acetylenes is 1. The molecule has 0 radical (unpaired) electrons. The summed E-state index contributed by atoms with van der Waals surface area (Å²) >= 11 is 0. The fourth-order valence-corrected chi connectivity index (χ4v) is 1.48. The summed E-state index contributed by atoms with van der Waals surface area (Å²) in [5.74, 6) is 3.19. The van der Waals surface area contributed by atoms with Crippen molar-refractivity contribution in [2.75, 3.05) is 26.7 Å². The Kier molecular flexibility index (Phi) is 6.37. The molecule has 0 heterocycles. The van der Waals surface area contributed by atoms with Gasteiger partial charge in [-0.1, -0.05) is 18.1 Å². The summed E-state index contributed by atoms with van der Waals surface area (Å²) in [5.41, 5.74) is 1.13. The van der Waals surface area contributed by atoms with Crippen LogP contribution in [0.3, 0.4) is 0 Å². The van der Waals surface area contributed by atoms with Gasteiger partial charge in [0.05, 0.1) is 20.2 Å². The Hall–Kier alpha value is -1.99. The Labute approximate surface area is 108 Å². The molecule has 1 amide bonds. The molecular weight excluding hydrogens is 228 g/mol. The maximum absolute atomic E-state index is 11.4. The lowest BCUT2D eigenvalue weighted by Gasteiger charge is -2.06. The van der Waals surface area contributed by atoms with Crippen LogP contribution in [0.15, 0.2) is 24.3 Å². The maximum Gasteiger partial charge on any atom is 0.233 e. The molecule has 0 bridgehead atoms. The summed E-state index contributed by atoms with van der Waals surface area (Å²) in [4.78, 5) is 11.4. The Morgan fingerprint density at radius 1 is 1.50 bits per heavy atom. The van der Waals surface area contributed by atoms with Crippen LogP contribution in [-0.2, 0) is 11.2 Å². The van der Waals surface area contributed by atoms with Gasteiger partial charge in [-0.3, -0.25) is 10.1 Å². The predicted molar refractivity (Wildman–Crippen MR) is 71.4 cm³/mol. The van der Waals surface area contributed by atoms with Gasteiger partial charge in [-0.15, -0.1) is 6.42 Å². The van der Waals surface area contributed by atoms with E-state index < -0.39 is 0 Å². The number of nitrogens with one attached hydrogen (secondary N) is 2. The molecule has 18 heavy (non-hydrogen) atoms. The van der Waals surface area contributed by atoms with Crippen molar-refractivity contribution in [3.63, 3.8) is 0 Å². The maximum atomic E-state index is 11.4. The zero-order valence-electron chi connectivity index (χ0n) is 10.5. The first-order valence-electron chi connectivity index (χ1n) is 5.80. The highest BCUT2D eigenvalue weighted by atomic mass is 16.5. The number of methoxy groups -OCH3 is 1. The zero-order chi connectivity index (χ0) is 13.2. The molecule has 2 N–H and O–H groups in total. The molecule has 0 atom stereocenters. The average molecular weight is 246 g/mol. The second kappa shape index (κ2) is 8.15.